The smallest absolute Gasteiger partial charge is 0.303 e. The van der Waals surface area contributed by atoms with Crippen molar-refractivity contribution in [3.63, 3.8) is 0 Å². The predicted octanol–water partition coefficient (Wildman–Crippen LogP) is 0.156. The number of carboxylic acid groups (broad SMARTS) is 1. The molecule has 0 spiro atoms. The molecule has 90 valence electrons. The number of nitrogens with zero attached hydrogens (tertiary/aromatic N) is 2. The summed E-state index contributed by atoms with van der Waals surface area (Å²) in [5, 5.41) is 8.70. The number of aliphatic carboxylic acids is 1. The molecule has 16 heavy (non-hydrogen) atoms. The molecule has 2 aliphatic rings. The first-order valence-electron chi connectivity index (χ1n) is 5.79. The van der Waals surface area contributed by atoms with Crippen LogP contribution in [0.2, 0.25) is 0 Å². The molecule has 1 aliphatic heterocycles. The van der Waals surface area contributed by atoms with Gasteiger partial charge in [-0.2, -0.15) is 0 Å². The lowest BCUT2D eigenvalue weighted by Crippen LogP contribution is -2.55. The molecule has 2 rings (SSSR count). The Labute approximate surface area is 95.0 Å². The van der Waals surface area contributed by atoms with E-state index in [0.29, 0.717) is 25.6 Å². The molecular weight excluding hydrogens is 208 g/mol. The second-order valence-electron chi connectivity index (χ2n) is 4.76. The molecule has 1 atom stereocenters. The van der Waals surface area contributed by atoms with E-state index < -0.39 is 5.97 Å². The molecule has 1 unspecified atom stereocenters. The minimum Gasteiger partial charge on any atom is -0.481 e. The summed E-state index contributed by atoms with van der Waals surface area (Å²) in [6.45, 7) is 1.13. The van der Waals surface area contributed by atoms with Gasteiger partial charge >= 0.3 is 5.97 Å². The molecular formula is C11H18N2O3. The van der Waals surface area contributed by atoms with E-state index in [1.807, 2.05) is 0 Å². The topological polar surface area (TPSA) is 60.9 Å². The fraction of sp³-hybridized carbons (Fsp3) is 0.818. The number of hydrogen-bond acceptors (Lipinski definition) is 3. The highest BCUT2D eigenvalue weighted by Crippen LogP contribution is 2.31. The van der Waals surface area contributed by atoms with Gasteiger partial charge in [0.2, 0.25) is 5.91 Å². The first kappa shape index (κ1) is 11.4. The van der Waals surface area contributed by atoms with Crippen molar-refractivity contribution < 1.29 is 14.7 Å². The van der Waals surface area contributed by atoms with Crippen molar-refractivity contribution in [1.29, 1.82) is 0 Å². The Bertz CT molecular complexity index is 302. The Kier molecular flexibility index (Phi) is 3.14. The van der Waals surface area contributed by atoms with E-state index in [9.17, 15) is 9.59 Å². The molecule has 1 amide bonds. The van der Waals surface area contributed by atoms with E-state index in [2.05, 4.69) is 4.90 Å². The number of carbonyl (C=O) groups is 2. The average molecular weight is 226 g/mol. The van der Waals surface area contributed by atoms with E-state index >= 15 is 0 Å². The molecule has 5 heteroatoms. The summed E-state index contributed by atoms with van der Waals surface area (Å²) >= 11 is 0. The minimum atomic E-state index is -0.754. The van der Waals surface area contributed by atoms with Crippen molar-refractivity contribution in [2.24, 2.45) is 0 Å². The van der Waals surface area contributed by atoms with Gasteiger partial charge in [-0.05, 0) is 19.3 Å². The molecule has 0 aromatic carbocycles. The predicted molar refractivity (Wildman–Crippen MR) is 58.0 cm³/mol. The third-order valence-electron chi connectivity index (χ3n) is 3.40. The Morgan fingerprint density at radius 1 is 1.50 bits per heavy atom. The Balaban J connectivity index is 1.95. The van der Waals surface area contributed by atoms with Crippen LogP contribution in [0.25, 0.3) is 0 Å². The highest BCUT2D eigenvalue weighted by atomic mass is 16.4. The zero-order chi connectivity index (χ0) is 11.7. The summed E-state index contributed by atoms with van der Waals surface area (Å²) in [4.78, 5) is 26.1. The minimum absolute atomic E-state index is 0.151. The summed E-state index contributed by atoms with van der Waals surface area (Å²) in [5.41, 5.74) is 0. The first-order chi connectivity index (χ1) is 7.58. The van der Waals surface area contributed by atoms with Gasteiger partial charge in [-0.15, -0.1) is 0 Å². The fourth-order valence-corrected chi connectivity index (χ4v) is 2.31. The number of carbonyl (C=O) groups excluding carboxylic acids is 1. The van der Waals surface area contributed by atoms with Gasteiger partial charge in [-0.3, -0.25) is 14.5 Å². The molecule has 1 heterocycles. The summed E-state index contributed by atoms with van der Waals surface area (Å²) in [6.07, 6.45) is 3.14. The van der Waals surface area contributed by atoms with Crippen LogP contribution in [0.3, 0.4) is 0 Å². The molecule has 0 bridgehead atoms. The van der Waals surface area contributed by atoms with Crippen molar-refractivity contribution in [1.82, 2.24) is 9.80 Å². The molecule has 2 fully saturated rings. The maximum atomic E-state index is 11.6. The number of piperazine rings is 1. The first-order valence-corrected chi connectivity index (χ1v) is 5.79. The van der Waals surface area contributed by atoms with Crippen LogP contribution in [-0.2, 0) is 9.59 Å². The molecule has 5 nitrogen and oxygen atoms in total. The van der Waals surface area contributed by atoms with Crippen LogP contribution in [0.5, 0.6) is 0 Å². The number of amides is 1. The largest absolute Gasteiger partial charge is 0.481 e. The second-order valence-corrected chi connectivity index (χ2v) is 4.76. The summed E-state index contributed by atoms with van der Waals surface area (Å²) in [7, 11) is 1.79. The lowest BCUT2D eigenvalue weighted by Gasteiger charge is -2.39. The molecule has 0 aromatic rings. The number of hydrogen-bond donors (Lipinski definition) is 1. The van der Waals surface area contributed by atoms with Gasteiger partial charge in [0, 0.05) is 32.1 Å². The SMILES string of the molecule is CN1CC(CCC(=O)O)N(C2CC2)CC1=O. The quantitative estimate of drug-likeness (QED) is 0.741. The number of likely N-dealkylation sites (N-methyl/N-ethyl adjacent to an activating group) is 1. The van der Waals surface area contributed by atoms with Crippen molar-refractivity contribution in [2.75, 3.05) is 20.1 Å². The van der Waals surface area contributed by atoms with Crippen molar-refractivity contribution in [3.8, 4) is 0 Å². The lowest BCUT2D eigenvalue weighted by molar-refractivity contribution is -0.139. The molecule has 0 radical (unpaired) electrons. The van der Waals surface area contributed by atoms with E-state index in [1.54, 1.807) is 11.9 Å². The van der Waals surface area contributed by atoms with E-state index in [0.717, 1.165) is 12.8 Å². The van der Waals surface area contributed by atoms with Crippen LogP contribution in [0, 0.1) is 0 Å². The molecule has 0 aromatic heterocycles. The third kappa shape index (κ3) is 2.52. The van der Waals surface area contributed by atoms with Crippen LogP contribution >= 0.6 is 0 Å². The second kappa shape index (κ2) is 4.41. The van der Waals surface area contributed by atoms with Gasteiger partial charge in [0.1, 0.15) is 0 Å². The van der Waals surface area contributed by atoms with Gasteiger partial charge < -0.3 is 10.0 Å². The van der Waals surface area contributed by atoms with Gasteiger partial charge in [0.25, 0.3) is 0 Å². The maximum Gasteiger partial charge on any atom is 0.303 e. The van der Waals surface area contributed by atoms with E-state index in [-0.39, 0.29) is 18.4 Å². The lowest BCUT2D eigenvalue weighted by atomic mass is 10.1. The van der Waals surface area contributed by atoms with Crippen LogP contribution in [0.1, 0.15) is 25.7 Å². The van der Waals surface area contributed by atoms with Crippen LogP contribution in [-0.4, -0.2) is 59.0 Å². The van der Waals surface area contributed by atoms with Gasteiger partial charge in [0.15, 0.2) is 0 Å². The molecule has 1 saturated heterocycles. The molecule has 1 aliphatic carbocycles. The van der Waals surface area contributed by atoms with Crippen molar-refractivity contribution in [2.45, 2.75) is 37.8 Å². The number of rotatable bonds is 4. The summed E-state index contributed by atoms with van der Waals surface area (Å²) in [6, 6.07) is 0.753. The Hall–Kier alpha value is -1.10. The standard InChI is InChI=1S/C11H18N2O3/c1-12-6-9(4-5-11(15)16)13(7-10(12)14)8-2-3-8/h8-9H,2-7H2,1H3,(H,15,16). The normalized spacial score (nSPS) is 27.2. The van der Waals surface area contributed by atoms with Crippen LogP contribution in [0.15, 0.2) is 0 Å². The van der Waals surface area contributed by atoms with Crippen LogP contribution < -0.4 is 0 Å². The third-order valence-corrected chi connectivity index (χ3v) is 3.40. The zero-order valence-electron chi connectivity index (χ0n) is 9.56. The highest BCUT2D eigenvalue weighted by molar-refractivity contribution is 5.79. The van der Waals surface area contributed by atoms with E-state index in [1.165, 1.54) is 0 Å². The Morgan fingerprint density at radius 3 is 2.75 bits per heavy atom. The van der Waals surface area contributed by atoms with Crippen molar-refractivity contribution >= 4 is 11.9 Å². The monoisotopic (exact) mass is 226 g/mol. The average Bonchev–Trinajstić information content (AvgIpc) is 3.02. The van der Waals surface area contributed by atoms with E-state index in [4.69, 9.17) is 5.11 Å². The van der Waals surface area contributed by atoms with Gasteiger partial charge in [-0.1, -0.05) is 0 Å². The summed E-state index contributed by atoms with van der Waals surface area (Å²) < 4.78 is 0. The Morgan fingerprint density at radius 2 is 2.19 bits per heavy atom. The zero-order valence-corrected chi connectivity index (χ0v) is 9.56. The van der Waals surface area contributed by atoms with Crippen molar-refractivity contribution in [3.05, 3.63) is 0 Å². The van der Waals surface area contributed by atoms with Gasteiger partial charge in [-0.25, -0.2) is 0 Å². The highest BCUT2D eigenvalue weighted by Gasteiger charge is 2.39. The fourth-order valence-electron chi connectivity index (χ4n) is 2.31. The van der Waals surface area contributed by atoms with Gasteiger partial charge in [0.05, 0.1) is 6.54 Å². The molecule has 1 N–H and O–H groups in total. The maximum absolute atomic E-state index is 11.6. The summed E-state index contributed by atoms with van der Waals surface area (Å²) in [5.74, 6) is -0.603. The molecule has 1 saturated carbocycles. The number of carboxylic acids is 1. The van der Waals surface area contributed by atoms with Crippen LogP contribution in [0.4, 0.5) is 0 Å².